The van der Waals surface area contributed by atoms with Crippen LogP contribution < -0.4 is 9.64 Å². The number of ether oxygens (including phenoxy) is 1. The van der Waals surface area contributed by atoms with E-state index in [-0.39, 0.29) is 18.4 Å². The van der Waals surface area contributed by atoms with Crippen LogP contribution in [0.2, 0.25) is 0 Å². The van der Waals surface area contributed by atoms with Crippen LogP contribution in [0.5, 0.6) is 5.75 Å². The van der Waals surface area contributed by atoms with Crippen molar-refractivity contribution in [3.05, 3.63) is 59.7 Å². The number of hydrogen-bond donors (Lipinski definition) is 1. The molecule has 0 aromatic heterocycles. The number of likely N-dealkylation sites (tertiary alicyclic amines) is 1. The van der Waals surface area contributed by atoms with E-state index in [4.69, 9.17) is 4.74 Å². The first-order valence-electron chi connectivity index (χ1n) is 8.84. The van der Waals surface area contributed by atoms with Crippen LogP contribution >= 0.6 is 0 Å². The monoisotopic (exact) mass is 368 g/mol. The maximum atomic E-state index is 13.1. The number of nitrogens with zero attached hydrogens (tertiary/aromatic N) is 2. The zero-order chi connectivity index (χ0) is 19.6. The van der Waals surface area contributed by atoms with Gasteiger partial charge in [0.15, 0.2) is 0 Å². The van der Waals surface area contributed by atoms with Gasteiger partial charge in [0.2, 0.25) is 0 Å². The molecule has 0 bridgehead atoms. The van der Waals surface area contributed by atoms with Crippen molar-refractivity contribution in [3.63, 3.8) is 0 Å². The van der Waals surface area contributed by atoms with Gasteiger partial charge in [-0.3, -0.25) is 9.59 Å². The van der Waals surface area contributed by atoms with Crippen LogP contribution in [-0.4, -0.2) is 56.2 Å². The van der Waals surface area contributed by atoms with Gasteiger partial charge in [0.05, 0.1) is 18.6 Å². The largest absolute Gasteiger partial charge is 0.497 e. The summed E-state index contributed by atoms with van der Waals surface area (Å²) in [5, 5.41) is 9.71. The average Bonchev–Trinajstić information content (AvgIpc) is 3.13. The zero-order valence-corrected chi connectivity index (χ0v) is 15.8. The van der Waals surface area contributed by atoms with E-state index in [1.54, 1.807) is 18.1 Å². The lowest BCUT2D eigenvalue weighted by Crippen LogP contribution is -2.31. The molecule has 0 saturated carbocycles. The number of methoxy groups -OCH3 is 1. The summed E-state index contributed by atoms with van der Waals surface area (Å²) in [6, 6.07) is 14.8. The van der Waals surface area contributed by atoms with Crippen molar-refractivity contribution < 1.29 is 19.4 Å². The molecule has 1 aliphatic rings. The highest BCUT2D eigenvalue weighted by atomic mass is 16.5. The van der Waals surface area contributed by atoms with E-state index in [1.807, 2.05) is 61.5 Å². The second kappa shape index (κ2) is 7.70. The van der Waals surface area contributed by atoms with Crippen molar-refractivity contribution in [3.8, 4) is 5.75 Å². The number of anilines is 1. The Morgan fingerprint density at radius 1 is 1.11 bits per heavy atom. The quantitative estimate of drug-likeness (QED) is 0.879. The number of rotatable bonds is 5. The summed E-state index contributed by atoms with van der Waals surface area (Å²) >= 11 is 0. The Kier molecular flexibility index (Phi) is 5.35. The molecule has 1 saturated heterocycles. The molecular weight excluding hydrogens is 344 g/mol. The molecule has 1 amide bonds. The number of amides is 1. The smallest absolute Gasteiger partial charge is 0.308 e. The summed E-state index contributed by atoms with van der Waals surface area (Å²) in [5.41, 5.74) is 2.27. The normalized spacial score (nSPS) is 19.0. The van der Waals surface area contributed by atoms with Crippen molar-refractivity contribution in [2.45, 2.75) is 5.92 Å². The first kappa shape index (κ1) is 18.8. The lowest BCUT2D eigenvalue weighted by molar-refractivity contribution is -0.141. The summed E-state index contributed by atoms with van der Waals surface area (Å²) in [5.74, 6) is -1.27. The molecule has 3 rings (SSSR count). The highest BCUT2D eigenvalue weighted by molar-refractivity contribution is 6.00. The van der Waals surface area contributed by atoms with Gasteiger partial charge in [-0.15, -0.1) is 0 Å². The third-order valence-corrected chi connectivity index (χ3v) is 5.06. The Morgan fingerprint density at radius 3 is 2.52 bits per heavy atom. The average molecular weight is 368 g/mol. The van der Waals surface area contributed by atoms with Crippen LogP contribution in [0.3, 0.4) is 0 Å². The van der Waals surface area contributed by atoms with Crippen LogP contribution in [0.1, 0.15) is 21.8 Å². The summed E-state index contributed by atoms with van der Waals surface area (Å²) in [4.78, 5) is 28.5. The van der Waals surface area contributed by atoms with Crippen LogP contribution in [0, 0.1) is 5.92 Å². The van der Waals surface area contributed by atoms with E-state index < -0.39 is 11.9 Å². The van der Waals surface area contributed by atoms with Crippen molar-refractivity contribution in [1.82, 2.24) is 4.90 Å². The molecule has 1 fully saturated rings. The maximum absolute atomic E-state index is 13.1. The van der Waals surface area contributed by atoms with Crippen molar-refractivity contribution in [2.24, 2.45) is 5.92 Å². The van der Waals surface area contributed by atoms with Crippen LogP contribution in [0.4, 0.5) is 5.69 Å². The summed E-state index contributed by atoms with van der Waals surface area (Å²) in [7, 11) is 5.35. The fourth-order valence-electron chi connectivity index (χ4n) is 3.64. The number of carbonyl (C=O) groups is 2. The topological polar surface area (TPSA) is 70.1 Å². The summed E-state index contributed by atoms with van der Waals surface area (Å²) in [6.45, 7) is 0.558. The Bertz CT molecular complexity index is 850. The summed E-state index contributed by atoms with van der Waals surface area (Å²) < 4.78 is 5.26. The Hall–Kier alpha value is -3.02. The number of para-hydroxylation sites is 1. The Labute approximate surface area is 159 Å². The van der Waals surface area contributed by atoms with Gasteiger partial charge in [-0.25, -0.2) is 0 Å². The van der Waals surface area contributed by atoms with Gasteiger partial charge in [0.25, 0.3) is 5.91 Å². The molecule has 2 atom stereocenters. The number of aliphatic carboxylic acids is 1. The molecule has 1 aliphatic heterocycles. The minimum absolute atomic E-state index is 0.143. The van der Waals surface area contributed by atoms with E-state index in [0.29, 0.717) is 17.9 Å². The molecule has 142 valence electrons. The van der Waals surface area contributed by atoms with Crippen molar-refractivity contribution >= 4 is 17.6 Å². The molecule has 2 aromatic carbocycles. The highest BCUT2D eigenvalue weighted by Gasteiger charge is 2.41. The third-order valence-electron chi connectivity index (χ3n) is 5.06. The van der Waals surface area contributed by atoms with Crippen molar-refractivity contribution in [1.29, 1.82) is 0 Å². The van der Waals surface area contributed by atoms with E-state index in [2.05, 4.69) is 0 Å². The van der Waals surface area contributed by atoms with E-state index in [1.165, 1.54) is 0 Å². The number of hydrogen-bond acceptors (Lipinski definition) is 4. The molecule has 0 unspecified atom stereocenters. The number of carbonyl (C=O) groups excluding carboxylic acids is 1. The molecule has 27 heavy (non-hydrogen) atoms. The standard InChI is InChI=1S/C21H24N2O4/c1-22(2)19-10-5-4-9-16(19)20(24)23-12-17(18(13-23)21(25)26)14-7-6-8-15(11-14)27-3/h4-11,17-18H,12-13H2,1-3H3,(H,25,26)/t17-,18+/m0/s1. The second-order valence-electron chi connectivity index (χ2n) is 6.95. The maximum Gasteiger partial charge on any atom is 0.308 e. The predicted molar refractivity (Wildman–Crippen MR) is 104 cm³/mol. The lowest BCUT2D eigenvalue weighted by atomic mass is 9.89. The zero-order valence-electron chi connectivity index (χ0n) is 15.8. The molecule has 0 aliphatic carbocycles. The number of benzene rings is 2. The minimum atomic E-state index is -0.890. The summed E-state index contributed by atoms with van der Waals surface area (Å²) in [6.07, 6.45) is 0. The van der Waals surface area contributed by atoms with Crippen molar-refractivity contribution in [2.75, 3.05) is 39.2 Å². The lowest BCUT2D eigenvalue weighted by Gasteiger charge is -2.21. The predicted octanol–water partition coefficient (Wildman–Crippen LogP) is 2.70. The van der Waals surface area contributed by atoms with Crippen LogP contribution in [0.25, 0.3) is 0 Å². The van der Waals surface area contributed by atoms with E-state index >= 15 is 0 Å². The fourth-order valence-corrected chi connectivity index (χ4v) is 3.64. The van der Waals surface area contributed by atoms with Crippen LogP contribution in [-0.2, 0) is 4.79 Å². The number of carboxylic acids is 1. The molecule has 1 N–H and O–H groups in total. The fraction of sp³-hybridized carbons (Fsp3) is 0.333. The first-order valence-corrected chi connectivity index (χ1v) is 8.84. The molecule has 1 heterocycles. The van der Waals surface area contributed by atoms with Gasteiger partial charge in [-0.05, 0) is 29.8 Å². The number of carboxylic acid groups (broad SMARTS) is 1. The SMILES string of the molecule is COc1cccc([C@@H]2CN(C(=O)c3ccccc3N(C)C)C[C@H]2C(=O)O)c1. The highest BCUT2D eigenvalue weighted by Crippen LogP contribution is 2.35. The first-order chi connectivity index (χ1) is 12.9. The molecule has 2 aromatic rings. The minimum Gasteiger partial charge on any atom is -0.497 e. The van der Waals surface area contributed by atoms with E-state index in [9.17, 15) is 14.7 Å². The third kappa shape index (κ3) is 3.74. The van der Waals surface area contributed by atoms with E-state index in [0.717, 1.165) is 11.3 Å². The van der Waals surface area contributed by atoms with Crippen LogP contribution in [0.15, 0.2) is 48.5 Å². The van der Waals surface area contributed by atoms with Gasteiger partial charge in [-0.2, -0.15) is 0 Å². The van der Waals surface area contributed by atoms with Gasteiger partial charge in [0.1, 0.15) is 5.75 Å². The van der Waals surface area contributed by atoms with Gasteiger partial charge >= 0.3 is 5.97 Å². The van der Waals surface area contributed by atoms with Gasteiger partial charge < -0.3 is 19.6 Å². The molecular formula is C21H24N2O4. The molecule has 6 heteroatoms. The van der Waals surface area contributed by atoms with Gasteiger partial charge in [-0.1, -0.05) is 24.3 Å². The molecule has 0 radical (unpaired) electrons. The second-order valence-corrected chi connectivity index (χ2v) is 6.95. The van der Waals surface area contributed by atoms with Gasteiger partial charge in [0, 0.05) is 38.8 Å². The molecule has 6 nitrogen and oxygen atoms in total. The Balaban J connectivity index is 1.91. The molecule has 0 spiro atoms. The Morgan fingerprint density at radius 2 is 1.85 bits per heavy atom.